The summed E-state index contributed by atoms with van der Waals surface area (Å²) >= 11 is 0. The summed E-state index contributed by atoms with van der Waals surface area (Å²) in [6.07, 6.45) is 3.32. The average molecular weight is 453 g/mol. The molecule has 0 saturated carbocycles. The number of hydrogen-bond donors (Lipinski definition) is 3. The third kappa shape index (κ3) is 5.33. The van der Waals surface area contributed by atoms with Gasteiger partial charge >= 0.3 is 0 Å². The van der Waals surface area contributed by atoms with Crippen LogP contribution in [-0.2, 0) is 17.1 Å². The van der Waals surface area contributed by atoms with Crippen molar-refractivity contribution in [1.29, 1.82) is 0 Å². The van der Waals surface area contributed by atoms with Crippen molar-refractivity contribution in [2.45, 2.75) is 31.3 Å². The molecule has 0 aliphatic carbocycles. The molecule has 0 aliphatic rings. The fourth-order valence-electron chi connectivity index (χ4n) is 2.73. The Morgan fingerprint density at radius 3 is 2.53 bits per heavy atom. The molecule has 0 aliphatic heterocycles. The summed E-state index contributed by atoms with van der Waals surface area (Å²) in [5, 5.41) is 17.8. The standard InChI is InChI=1S/C19H24N6O3S.ClH/c1-12-5-6-14(29(27,28)22-11-19(2,3)26)8-15(12)13-7-16(18(20)21-9-13)17-10-25(4)24-23-17;/h5-10,22,26H,11H2,1-4H3,(H2,20,21);1H. The SMILES string of the molecule is Cc1ccc(S(=O)(=O)NCC(C)(C)O)cc1-c1cnc(N)c(-c2cn(C)nn2)c1.Cl. The molecule has 2 aromatic heterocycles. The Balaban J connectivity index is 0.00000320. The van der Waals surface area contributed by atoms with Crippen molar-refractivity contribution in [2.75, 3.05) is 12.3 Å². The van der Waals surface area contributed by atoms with Gasteiger partial charge in [-0.25, -0.2) is 18.1 Å². The first kappa shape index (κ1) is 23.7. The van der Waals surface area contributed by atoms with Crippen molar-refractivity contribution in [1.82, 2.24) is 24.7 Å². The number of anilines is 1. The zero-order valence-electron chi connectivity index (χ0n) is 17.1. The Hall–Kier alpha value is -2.53. The number of nitrogens with zero attached hydrogens (tertiary/aromatic N) is 4. The summed E-state index contributed by atoms with van der Waals surface area (Å²) in [5.41, 5.74) is 8.33. The maximum atomic E-state index is 12.6. The summed E-state index contributed by atoms with van der Waals surface area (Å²) in [5.74, 6) is 0.308. The van der Waals surface area contributed by atoms with Crippen molar-refractivity contribution in [2.24, 2.45) is 7.05 Å². The van der Waals surface area contributed by atoms with E-state index < -0.39 is 15.6 Å². The predicted octanol–water partition coefficient (Wildman–Crippen LogP) is 1.91. The zero-order valence-corrected chi connectivity index (χ0v) is 18.8. The Kier molecular flexibility index (Phi) is 6.87. The largest absolute Gasteiger partial charge is 0.389 e. The van der Waals surface area contributed by atoms with Gasteiger partial charge in [-0.1, -0.05) is 11.3 Å². The number of nitrogens with two attached hydrogens (primary N) is 1. The summed E-state index contributed by atoms with van der Waals surface area (Å²) in [4.78, 5) is 4.34. The lowest BCUT2D eigenvalue weighted by atomic mass is 10.00. The molecule has 0 fully saturated rings. The van der Waals surface area contributed by atoms with Gasteiger partial charge in [0.25, 0.3) is 0 Å². The van der Waals surface area contributed by atoms with Gasteiger partial charge in [-0.2, -0.15) is 0 Å². The number of aryl methyl sites for hydroxylation is 2. The summed E-state index contributed by atoms with van der Waals surface area (Å²) < 4.78 is 29.3. The first-order valence-electron chi connectivity index (χ1n) is 8.91. The van der Waals surface area contributed by atoms with Crippen molar-refractivity contribution >= 4 is 28.2 Å². The minimum absolute atomic E-state index is 0. The smallest absolute Gasteiger partial charge is 0.240 e. The van der Waals surface area contributed by atoms with E-state index >= 15 is 0 Å². The quantitative estimate of drug-likeness (QED) is 0.519. The molecule has 9 nitrogen and oxygen atoms in total. The third-order valence-corrected chi connectivity index (χ3v) is 5.72. The molecule has 0 atom stereocenters. The summed E-state index contributed by atoms with van der Waals surface area (Å²) in [7, 11) is -2.04. The van der Waals surface area contributed by atoms with Crippen molar-refractivity contribution in [3.05, 3.63) is 42.2 Å². The Morgan fingerprint density at radius 2 is 1.93 bits per heavy atom. The second-order valence-electron chi connectivity index (χ2n) is 7.55. The van der Waals surface area contributed by atoms with Crippen LogP contribution in [0, 0.1) is 6.92 Å². The van der Waals surface area contributed by atoms with Crippen LogP contribution in [0.2, 0.25) is 0 Å². The first-order valence-corrected chi connectivity index (χ1v) is 10.4. The number of pyridine rings is 1. The molecule has 2 heterocycles. The molecule has 162 valence electrons. The predicted molar refractivity (Wildman–Crippen MR) is 118 cm³/mol. The lowest BCUT2D eigenvalue weighted by Gasteiger charge is -2.18. The van der Waals surface area contributed by atoms with Crippen LogP contribution in [0.3, 0.4) is 0 Å². The number of halogens is 1. The van der Waals surface area contributed by atoms with E-state index in [1.165, 1.54) is 19.9 Å². The van der Waals surface area contributed by atoms with Crippen LogP contribution < -0.4 is 10.5 Å². The molecule has 30 heavy (non-hydrogen) atoms. The molecular weight excluding hydrogens is 428 g/mol. The molecular formula is C19H25ClN6O3S. The number of hydrogen-bond acceptors (Lipinski definition) is 7. The number of aromatic nitrogens is 4. The molecule has 0 spiro atoms. The van der Waals surface area contributed by atoms with Crippen LogP contribution in [0.4, 0.5) is 5.82 Å². The maximum Gasteiger partial charge on any atom is 0.240 e. The fraction of sp³-hybridized carbons (Fsp3) is 0.316. The molecule has 0 saturated heterocycles. The van der Waals surface area contributed by atoms with Gasteiger partial charge in [0.05, 0.1) is 16.7 Å². The highest BCUT2D eigenvalue weighted by atomic mass is 35.5. The van der Waals surface area contributed by atoms with Gasteiger partial charge < -0.3 is 10.8 Å². The summed E-state index contributed by atoms with van der Waals surface area (Å²) in [6, 6.07) is 6.65. The second kappa shape index (κ2) is 8.68. The van der Waals surface area contributed by atoms with Gasteiger partial charge in [0.2, 0.25) is 10.0 Å². The molecule has 11 heteroatoms. The topological polar surface area (TPSA) is 136 Å². The van der Waals surface area contributed by atoms with E-state index in [1.807, 2.05) is 13.0 Å². The number of benzene rings is 1. The van der Waals surface area contributed by atoms with Crippen LogP contribution in [0.25, 0.3) is 22.4 Å². The highest BCUT2D eigenvalue weighted by molar-refractivity contribution is 7.89. The minimum Gasteiger partial charge on any atom is -0.389 e. The van der Waals surface area contributed by atoms with Gasteiger partial charge in [-0.05, 0) is 50.1 Å². The van der Waals surface area contributed by atoms with E-state index in [0.29, 0.717) is 28.2 Å². The molecule has 3 rings (SSSR count). The van der Waals surface area contributed by atoms with E-state index in [0.717, 1.165) is 5.56 Å². The lowest BCUT2D eigenvalue weighted by Crippen LogP contribution is -2.38. The third-order valence-electron chi connectivity index (χ3n) is 4.32. The highest BCUT2D eigenvalue weighted by Crippen LogP contribution is 2.31. The molecule has 0 unspecified atom stereocenters. The van der Waals surface area contributed by atoms with Gasteiger partial charge in [0.1, 0.15) is 11.5 Å². The van der Waals surface area contributed by atoms with E-state index in [9.17, 15) is 13.5 Å². The van der Waals surface area contributed by atoms with E-state index in [4.69, 9.17) is 5.73 Å². The molecule has 1 aromatic carbocycles. The molecule has 4 N–H and O–H groups in total. The number of nitrogens with one attached hydrogen (secondary N) is 1. The normalized spacial score (nSPS) is 11.9. The zero-order chi connectivity index (χ0) is 21.4. The number of aliphatic hydroxyl groups is 1. The second-order valence-corrected chi connectivity index (χ2v) is 9.31. The van der Waals surface area contributed by atoms with E-state index in [1.54, 1.807) is 36.3 Å². The Morgan fingerprint density at radius 1 is 1.23 bits per heavy atom. The van der Waals surface area contributed by atoms with Crippen molar-refractivity contribution in [3.8, 4) is 22.4 Å². The lowest BCUT2D eigenvalue weighted by molar-refractivity contribution is 0.0857. The fourth-order valence-corrected chi connectivity index (χ4v) is 3.96. The van der Waals surface area contributed by atoms with Crippen LogP contribution in [0.5, 0.6) is 0 Å². The molecule has 0 bridgehead atoms. The van der Waals surface area contributed by atoms with Gasteiger partial charge in [-0.3, -0.25) is 4.68 Å². The Labute approximate surface area is 181 Å². The first-order chi connectivity index (χ1) is 13.5. The van der Waals surface area contributed by atoms with Crippen molar-refractivity contribution in [3.63, 3.8) is 0 Å². The maximum absolute atomic E-state index is 12.6. The van der Waals surface area contributed by atoms with Crippen LogP contribution in [0.15, 0.2) is 41.6 Å². The molecule has 0 amide bonds. The van der Waals surface area contributed by atoms with Gasteiger partial charge in [0, 0.05) is 30.9 Å². The summed E-state index contributed by atoms with van der Waals surface area (Å²) in [6.45, 7) is 4.85. The molecule has 0 radical (unpaired) electrons. The monoisotopic (exact) mass is 452 g/mol. The van der Waals surface area contributed by atoms with Gasteiger partial charge in [-0.15, -0.1) is 17.5 Å². The number of sulfonamides is 1. The van der Waals surface area contributed by atoms with E-state index in [2.05, 4.69) is 20.0 Å². The van der Waals surface area contributed by atoms with Crippen LogP contribution in [0.1, 0.15) is 19.4 Å². The number of rotatable bonds is 6. The molecule has 3 aromatic rings. The van der Waals surface area contributed by atoms with E-state index in [-0.39, 0.29) is 23.8 Å². The van der Waals surface area contributed by atoms with Gasteiger partial charge in [0.15, 0.2) is 0 Å². The average Bonchev–Trinajstić information content (AvgIpc) is 3.06. The Bertz CT molecular complexity index is 1160. The van der Waals surface area contributed by atoms with Crippen LogP contribution in [-0.4, -0.2) is 45.6 Å². The minimum atomic E-state index is -3.79. The van der Waals surface area contributed by atoms with Crippen molar-refractivity contribution < 1.29 is 13.5 Å². The number of nitrogen functional groups attached to an aromatic ring is 1. The highest BCUT2D eigenvalue weighted by Gasteiger charge is 2.21. The van der Waals surface area contributed by atoms with Crippen LogP contribution >= 0.6 is 12.4 Å².